The lowest BCUT2D eigenvalue weighted by Gasteiger charge is -2.09. The highest BCUT2D eigenvalue weighted by Crippen LogP contribution is 2.23. The van der Waals surface area contributed by atoms with E-state index >= 15 is 0 Å². The first-order chi connectivity index (χ1) is 12.1. The van der Waals surface area contributed by atoms with Gasteiger partial charge in [-0.15, -0.1) is 0 Å². The SMILES string of the molecule is CCOC(=O)C(C=Nc1ccccc1)=C(O)c1cccc(CO)c1F. The molecule has 0 amide bonds. The first kappa shape index (κ1) is 18.4. The number of aliphatic hydroxyl groups is 2. The van der Waals surface area contributed by atoms with Gasteiger partial charge < -0.3 is 14.9 Å². The third-order valence-corrected chi connectivity index (χ3v) is 3.35. The lowest BCUT2D eigenvalue weighted by atomic mass is 10.0. The minimum atomic E-state index is -0.825. The Morgan fingerprint density at radius 1 is 1.20 bits per heavy atom. The molecule has 0 atom stereocenters. The Morgan fingerprint density at radius 3 is 2.56 bits per heavy atom. The molecular formula is C19H18FNO4. The zero-order valence-electron chi connectivity index (χ0n) is 13.6. The first-order valence-corrected chi connectivity index (χ1v) is 7.66. The predicted octanol–water partition coefficient (Wildman–Crippen LogP) is 3.55. The van der Waals surface area contributed by atoms with Crippen molar-refractivity contribution in [3.63, 3.8) is 0 Å². The molecule has 2 aromatic carbocycles. The number of aliphatic hydroxyl groups excluding tert-OH is 2. The molecule has 2 N–H and O–H groups in total. The molecule has 0 saturated carbocycles. The summed E-state index contributed by atoms with van der Waals surface area (Å²) in [4.78, 5) is 16.3. The van der Waals surface area contributed by atoms with Crippen molar-refractivity contribution < 1.29 is 24.1 Å². The fourth-order valence-electron chi connectivity index (χ4n) is 2.10. The van der Waals surface area contributed by atoms with E-state index in [4.69, 9.17) is 9.84 Å². The lowest BCUT2D eigenvalue weighted by molar-refractivity contribution is -0.137. The number of carbonyl (C=O) groups is 1. The average molecular weight is 343 g/mol. The van der Waals surface area contributed by atoms with Gasteiger partial charge in [0.05, 0.1) is 24.5 Å². The van der Waals surface area contributed by atoms with Crippen LogP contribution in [-0.4, -0.2) is 29.0 Å². The molecule has 2 rings (SSSR count). The van der Waals surface area contributed by atoms with Gasteiger partial charge in [0.25, 0.3) is 0 Å². The smallest absolute Gasteiger partial charge is 0.343 e. The monoisotopic (exact) mass is 343 g/mol. The molecule has 0 radical (unpaired) electrons. The Kier molecular flexibility index (Phi) is 6.42. The van der Waals surface area contributed by atoms with E-state index in [2.05, 4.69) is 4.99 Å². The number of hydrogen-bond donors (Lipinski definition) is 2. The minimum absolute atomic E-state index is 0.00672. The molecule has 0 heterocycles. The Hall–Kier alpha value is -2.99. The van der Waals surface area contributed by atoms with Crippen molar-refractivity contribution in [1.82, 2.24) is 0 Å². The number of ether oxygens (including phenoxy) is 1. The molecule has 0 saturated heterocycles. The number of carbonyl (C=O) groups excluding carboxylic acids is 1. The van der Waals surface area contributed by atoms with Crippen LogP contribution in [0.4, 0.5) is 10.1 Å². The second-order valence-electron chi connectivity index (χ2n) is 5.01. The molecule has 0 unspecified atom stereocenters. The van der Waals surface area contributed by atoms with Crippen LogP contribution in [0.1, 0.15) is 18.1 Å². The molecule has 6 heteroatoms. The largest absolute Gasteiger partial charge is 0.506 e. The number of esters is 1. The fourth-order valence-corrected chi connectivity index (χ4v) is 2.10. The zero-order valence-corrected chi connectivity index (χ0v) is 13.6. The van der Waals surface area contributed by atoms with E-state index in [0.29, 0.717) is 5.69 Å². The van der Waals surface area contributed by atoms with Gasteiger partial charge >= 0.3 is 5.97 Å². The Labute approximate surface area is 144 Å². The van der Waals surface area contributed by atoms with Crippen molar-refractivity contribution in [2.75, 3.05) is 6.61 Å². The summed E-state index contributed by atoms with van der Waals surface area (Å²) >= 11 is 0. The highest BCUT2D eigenvalue weighted by molar-refractivity contribution is 6.15. The van der Waals surface area contributed by atoms with Gasteiger partial charge in [-0.25, -0.2) is 9.18 Å². The van der Waals surface area contributed by atoms with Crippen molar-refractivity contribution in [2.45, 2.75) is 13.5 Å². The van der Waals surface area contributed by atoms with Crippen LogP contribution in [0.5, 0.6) is 0 Å². The van der Waals surface area contributed by atoms with E-state index in [-0.39, 0.29) is 23.3 Å². The zero-order chi connectivity index (χ0) is 18.2. The van der Waals surface area contributed by atoms with Gasteiger partial charge in [0.15, 0.2) is 0 Å². The maximum absolute atomic E-state index is 14.3. The molecule has 2 aromatic rings. The third-order valence-electron chi connectivity index (χ3n) is 3.35. The molecule has 0 fully saturated rings. The van der Waals surface area contributed by atoms with Crippen LogP contribution in [-0.2, 0) is 16.1 Å². The van der Waals surface area contributed by atoms with Crippen molar-refractivity contribution in [1.29, 1.82) is 0 Å². The Balaban J connectivity index is 2.51. The minimum Gasteiger partial charge on any atom is -0.506 e. The van der Waals surface area contributed by atoms with Gasteiger partial charge in [0.2, 0.25) is 0 Å². The summed E-state index contributed by atoms with van der Waals surface area (Å²) < 4.78 is 19.3. The quantitative estimate of drug-likeness (QED) is 0.364. The number of benzene rings is 2. The summed E-state index contributed by atoms with van der Waals surface area (Å²) in [5.74, 6) is -2.24. The van der Waals surface area contributed by atoms with Gasteiger partial charge in [0.1, 0.15) is 17.1 Å². The molecule has 0 aliphatic carbocycles. The normalized spacial score (nSPS) is 12.1. The lowest BCUT2D eigenvalue weighted by Crippen LogP contribution is -2.12. The van der Waals surface area contributed by atoms with Gasteiger partial charge in [-0.2, -0.15) is 0 Å². The van der Waals surface area contributed by atoms with Crippen LogP contribution in [0.15, 0.2) is 59.1 Å². The van der Waals surface area contributed by atoms with Crippen LogP contribution < -0.4 is 0 Å². The van der Waals surface area contributed by atoms with E-state index < -0.39 is 24.2 Å². The second kappa shape index (κ2) is 8.75. The van der Waals surface area contributed by atoms with Crippen molar-refractivity contribution >= 4 is 23.6 Å². The van der Waals surface area contributed by atoms with Gasteiger partial charge in [0, 0.05) is 11.8 Å². The molecule has 25 heavy (non-hydrogen) atoms. The van der Waals surface area contributed by atoms with E-state index in [9.17, 15) is 14.3 Å². The van der Waals surface area contributed by atoms with Crippen molar-refractivity contribution in [3.8, 4) is 0 Å². The number of halogens is 1. The van der Waals surface area contributed by atoms with Crippen LogP contribution >= 0.6 is 0 Å². The molecule has 130 valence electrons. The number of nitrogens with zero attached hydrogens (tertiary/aromatic N) is 1. The maximum Gasteiger partial charge on any atom is 0.343 e. The van der Waals surface area contributed by atoms with Gasteiger partial charge in [-0.3, -0.25) is 4.99 Å². The topological polar surface area (TPSA) is 79.1 Å². The number of para-hydroxylation sites is 1. The summed E-state index contributed by atoms with van der Waals surface area (Å²) in [6, 6.07) is 12.9. The highest BCUT2D eigenvalue weighted by Gasteiger charge is 2.20. The van der Waals surface area contributed by atoms with E-state index in [1.165, 1.54) is 18.2 Å². The second-order valence-corrected chi connectivity index (χ2v) is 5.01. The van der Waals surface area contributed by atoms with E-state index in [1.807, 2.05) is 6.07 Å². The molecular weight excluding hydrogens is 325 g/mol. The summed E-state index contributed by atoms with van der Waals surface area (Å²) in [6.45, 7) is 1.18. The summed E-state index contributed by atoms with van der Waals surface area (Å²) in [6.07, 6.45) is 1.13. The molecule has 0 aliphatic heterocycles. The summed E-state index contributed by atoms with van der Waals surface area (Å²) in [5, 5.41) is 19.6. The van der Waals surface area contributed by atoms with E-state index in [1.54, 1.807) is 31.2 Å². The molecule has 0 spiro atoms. The van der Waals surface area contributed by atoms with Gasteiger partial charge in [-0.1, -0.05) is 30.3 Å². The van der Waals surface area contributed by atoms with Crippen molar-refractivity contribution in [2.24, 2.45) is 4.99 Å². The van der Waals surface area contributed by atoms with Gasteiger partial charge in [-0.05, 0) is 25.1 Å². The standard InChI is InChI=1S/C19H18FNO4/c1-2-25-19(24)16(11-21-14-8-4-3-5-9-14)18(23)15-10-6-7-13(12-22)17(15)20/h3-11,22-23H,2,12H2,1H3. The predicted molar refractivity (Wildman–Crippen MR) is 93.1 cm³/mol. The summed E-state index contributed by atoms with van der Waals surface area (Å²) in [7, 11) is 0. The Morgan fingerprint density at radius 2 is 1.92 bits per heavy atom. The van der Waals surface area contributed by atoms with Crippen LogP contribution in [0, 0.1) is 5.82 Å². The number of hydrogen-bond acceptors (Lipinski definition) is 5. The van der Waals surface area contributed by atoms with Crippen LogP contribution in [0.25, 0.3) is 5.76 Å². The first-order valence-electron chi connectivity index (χ1n) is 7.66. The third kappa shape index (κ3) is 4.51. The molecule has 0 bridgehead atoms. The number of aliphatic imine (C=N–C) groups is 1. The van der Waals surface area contributed by atoms with Crippen LogP contribution in [0.3, 0.4) is 0 Å². The highest BCUT2D eigenvalue weighted by atomic mass is 19.1. The maximum atomic E-state index is 14.3. The van der Waals surface area contributed by atoms with Crippen molar-refractivity contribution in [3.05, 3.63) is 71.0 Å². The molecule has 5 nitrogen and oxygen atoms in total. The summed E-state index contributed by atoms with van der Waals surface area (Å²) in [5.41, 5.74) is 0.0720. The molecule has 0 aromatic heterocycles. The van der Waals surface area contributed by atoms with E-state index in [0.717, 1.165) is 6.21 Å². The Bertz CT molecular complexity index is 800. The number of rotatable bonds is 6. The fraction of sp³-hybridized carbons (Fsp3) is 0.158. The average Bonchev–Trinajstić information content (AvgIpc) is 2.63. The molecule has 0 aliphatic rings. The van der Waals surface area contributed by atoms with Crippen LogP contribution in [0.2, 0.25) is 0 Å².